The maximum Gasteiger partial charge on any atom is 0.122 e. The summed E-state index contributed by atoms with van der Waals surface area (Å²) in [6.07, 6.45) is 6.60. The fourth-order valence-electron chi connectivity index (χ4n) is 3.17. The van der Waals surface area contributed by atoms with Gasteiger partial charge in [-0.15, -0.1) is 0 Å². The van der Waals surface area contributed by atoms with Crippen molar-refractivity contribution in [3.05, 3.63) is 28.8 Å². The number of halogens is 1. The van der Waals surface area contributed by atoms with Crippen molar-refractivity contribution in [2.75, 3.05) is 7.11 Å². The highest BCUT2D eigenvalue weighted by Gasteiger charge is 2.27. The maximum atomic E-state index is 5.63. The molecular weight excluding hydrogens is 288 g/mol. The predicted octanol–water partition coefficient (Wildman–Crippen LogP) is 5.12. The standard InChI is InChI=1S/C16H23BrO/c1-11-9-12(2)16(15(10-11)18-3)13-7-5-4-6-8-14(13)17/h9-10,13-14H,4-8H2,1-3H3. The Morgan fingerprint density at radius 2 is 1.83 bits per heavy atom. The Labute approximate surface area is 119 Å². The average molecular weight is 311 g/mol. The maximum absolute atomic E-state index is 5.63. The van der Waals surface area contributed by atoms with E-state index in [1.165, 1.54) is 48.8 Å². The minimum Gasteiger partial charge on any atom is -0.496 e. The Morgan fingerprint density at radius 3 is 2.56 bits per heavy atom. The Hall–Kier alpha value is -0.500. The molecule has 1 nitrogen and oxygen atoms in total. The molecule has 0 N–H and O–H groups in total. The van der Waals surface area contributed by atoms with E-state index in [1.54, 1.807) is 7.11 Å². The molecule has 1 aliphatic carbocycles. The van der Waals surface area contributed by atoms with Crippen molar-refractivity contribution in [3.63, 3.8) is 0 Å². The lowest BCUT2D eigenvalue weighted by atomic mass is 9.87. The van der Waals surface area contributed by atoms with Crippen LogP contribution in [0.4, 0.5) is 0 Å². The largest absolute Gasteiger partial charge is 0.496 e. The van der Waals surface area contributed by atoms with Crippen LogP contribution in [-0.2, 0) is 0 Å². The van der Waals surface area contributed by atoms with Gasteiger partial charge in [-0.1, -0.05) is 41.3 Å². The van der Waals surface area contributed by atoms with Crippen LogP contribution < -0.4 is 4.74 Å². The molecule has 0 aliphatic heterocycles. The zero-order valence-electron chi connectivity index (χ0n) is 11.6. The van der Waals surface area contributed by atoms with Crippen LogP contribution in [0.2, 0.25) is 0 Å². The van der Waals surface area contributed by atoms with Gasteiger partial charge in [0.05, 0.1) is 7.11 Å². The molecule has 2 heteroatoms. The normalized spacial score (nSPS) is 24.7. The first kappa shape index (κ1) is 13.9. The number of rotatable bonds is 2. The van der Waals surface area contributed by atoms with E-state index in [0.29, 0.717) is 10.7 Å². The lowest BCUT2D eigenvalue weighted by molar-refractivity contribution is 0.402. The van der Waals surface area contributed by atoms with Crippen LogP contribution in [0.3, 0.4) is 0 Å². The molecule has 100 valence electrons. The first-order chi connectivity index (χ1) is 8.63. The van der Waals surface area contributed by atoms with Gasteiger partial charge in [-0.05, 0) is 43.9 Å². The number of ether oxygens (including phenoxy) is 1. The number of methoxy groups -OCH3 is 1. The topological polar surface area (TPSA) is 9.23 Å². The zero-order valence-corrected chi connectivity index (χ0v) is 13.2. The molecule has 0 aromatic heterocycles. The predicted molar refractivity (Wildman–Crippen MR) is 81.0 cm³/mol. The second kappa shape index (κ2) is 6.10. The van der Waals surface area contributed by atoms with Crippen LogP contribution in [0, 0.1) is 13.8 Å². The third kappa shape index (κ3) is 2.90. The summed E-state index contributed by atoms with van der Waals surface area (Å²) in [5.74, 6) is 1.67. The van der Waals surface area contributed by atoms with Gasteiger partial charge in [0, 0.05) is 16.3 Å². The van der Waals surface area contributed by atoms with Gasteiger partial charge >= 0.3 is 0 Å². The molecule has 1 fully saturated rings. The molecule has 2 unspecified atom stereocenters. The van der Waals surface area contributed by atoms with Crippen LogP contribution in [0.15, 0.2) is 12.1 Å². The Kier molecular flexibility index (Phi) is 4.71. The fourth-order valence-corrected chi connectivity index (χ4v) is 4.02. The molecule has 1 aromatic rings. The Bertz CT molecular complexity index is 414. The van der Waals surface area contributed by atoms with Crippen LogP contribution in [0.25, 0.3) is 0 Å². The van der Waals surface area contributed by atoms with E-state index in [2.05, 4.69) is 41.9 Å². The molecule has 2 atom stereocenters. The second-order valence-electron chi connectivity index (χ2n) is 5.46. The molecule has 18 heavy (non-hydrogen) atoms. The van der Waals surface area contributed by atoms with E-state index >= 15 is 0 Å². The summed E-state index contributed by atoms with van der Waals surface area (Å²) in [6.45, 7) is 4.35. The summed E-state index contributed by atoms with van der Waals surface area (Å²) in [5.41, 5.74) is 4.09. The van der Waals surface area contributed by atoms with Gasteiger partial charge in [-0.3, -0.25) is 0 Å². The molecule has 1 aliphatic rings. The minimum atomic E-state index is 0.593. The molecule has 1 aromatic carbocycles. The van der Waals surface area contributed by atoms with E-state index in [1.807, 2.05) is 0 Å². The number of hydrogen-bond acceptors (Lipinski definition) is 1. The lowest BCUT2D eigenvalue weighted by Crippen LogP contribution is -2.13. The summed E-state index contributed by atoms with van der Waals surface area (Å²) in [4.78, 5) is 0.593. The molecule has 0 bridgehead atoms. The van der Waals surface area contributed by atoms with Crippen molar-refractivity contribution in [1.82, 2.24) is 0 Å². The molecule has 0 amide bonds. The summed E-state index contributed by atoms with van der Waals surface area (Å²) in [7, 11) is 1.79. The molecule has 0 saturated heterocycles. The quantitative estimate of drug-likeness (QED) is 0.544. The highest BCUT2D eigenvalue weighted by atomic mass is 79.9. The van der Waals surface area contributed by atoms with Gasteiger partial charge in [-0.25, -0.2) is 0 Å². The zero-order chi connectivity index (χ0) is 13.1. The van der Waals surface area contributed by atoms with Crippen molar-refractivity contribution >= 4 is 15.9 Å². The number of hydrogen-bond donors (Lipinski definition) is 0. The molecule has 0 heterocycles. The fraction of sp³-hybridized carbons (Fsp3) is 0.625. The summed E-state index contributed by atoms with van der Waals surface area (Å²) in [5, 5.41) is 0. The van der Waals surface area contributed by atoms with Crippen molar-refractivity contribution in [2.45, 2.75) is 56.7 Å². The summed E-state index contributed by atoms with van der Waals surface area (Å²) in [6, 6.07) is 4.45. The molecule has 1 saturated carbocycles. The van der Waals surface area contributed by atoms with Gasteiger partial charge in [0.15, 0.2) is 0 Å². The second-order valence-corrected chi connectivity index (χ2v) is 6.63. The van der Waals surface area contributed by atoms with E-state index in [0.717, 1.165) is 5.75 Å². The first-order valence-electron chi connectivity index (χ1n) is 6.92. The van der Waals surface area contributed by atoms with Crippen molar-refractivity contribution < 1.29 is 4.74 Å². The smallest absolute Gasteiger partial charge is 0.122 e. The SMILES string of the molecule is COc1cc(C)cc(C)c1C1CCCCCC1Br. The molecular formula is C16H23BrO. The van der Waals surface area contributed by atoms with Crippen molar-refractivity contribution in [1.29, 1.82) is 0 Å². The summed E-state index contributed by atoms with van der Waals surface area (Å²) < 4.78 is 5.63. The van der Waals surface area contributed by atoms with Crippen molar-refractivity contribution in [2.24, 2.45) is 0 Å². The molecule has 0 spiro atoms. The van der Waals surface area contributed by atoms with Crippen LogP contribution >= 0.6 is 15.9 Å². The van der Waals surface area contributed by atoms with Gasteiger partial charge < -0.3 is 4.74 Å². The van der Waals surface area contributed by atoms with E-state index in [4.69, 9.17) is 4.74 Å². The average Bonchev–Trinajstić information content (AvgIpc) is 2.53. The van der Waals surface area contributed by atoms with Gasteiger partial charge in [0.25, 0.3) is 0 Å². The first-order valence-corrected chi connectivity index (χ1v) is 7.84. The monoisotopic (exact) mass is 310 g/mol. The summed E-state index contributed by atoms with van der Waals surface area (Å²) >= 11 is 3.90. The Morgan fingerprint density at radius 1 is 1.11 bits per heavy atom. The lowest BCUT2D eigenvalue weighted by Gasteiger charge is -2.25. The van der Waals surface area contributed by atoms with Crippen molar-refractivity contribution in [3.8, 4) is 5.75 Å². The minimum absolute atomic E-state index is 0.593. The number of benzene rings is 1. The van der Waals surface area contributed by atoms with E-state index in [-0.39, 0.29) is 0 Å². The van der Waals surface area contributed by atoms with Gasteiger partial charge in [0.1, 0.15) is 5.75 Å². The third-order valence-corrected chi connectivity index (χ3v) is 5.11. The van der Waals surface area contributed by atoms with E-state index in [9.17, 15) is 0 Å². The number of aryl methyl sites for hydroxylation is 2. The van der Waals surface area contributed by atoms with Crippen LogP contribution in [0.1, 0.15) is 54.7 Å². The number of alkyl halides is 1. The molecule has 2 rings (SSSR count). The highest BCUT2D eigenvalue weighted by Crippen LogP contribution is 2.42. The van der Waals surface area contributed by atoms with Crippen LogP contribution in [-0.4, -0.2) is 11.9 Å². The third-order valence-electron chi connectivity index (χ3n) is 4.02. The molecule has 0 radical (unpaired) electrons. The van der Waals surface area contributed by atoms with Gasteiger partial charge in [0.2, 0.25) is 0 Å². The van der Waals surface area contributed by atoms with E-state index < -0.39 is 0 Å². The highest BCUT2D eigenvalue weighted by molar-refractivity contribution is 9.09. The van der Waals surface area contributed by atoms with Crippen LogP contribution in [0.5, 0.6) is 5.75 Å². The van der Waals surface area contributed by atoms with Gasteiger partial charge in [-0.2, -0.15) is 0 Å². The Balaban J connectivity index is 2.41.